The topological polar surface area (TPSA) is 106 Å². The van der Waals surface area contributed by atoms with E-state index in [0.29, 0.717) is 40.5 Å². The molecule has 242 valence electrons. The smallest absolute Gasteiger partial charge is 0.254 e. The SMILES string of the molecule is COc1cc(C(=O)N2C[C@H]3CCCN[C@H]3C2)cc2nc(-c3cc4ccc([C@@H](C)NC(=O)c5ccccc5)nc4n3CC3CC3)c(C)n12. The molecule has 1 saturated carbocycles. The summed E-state index contributed by atoms with van der Waals surface area (Å²) in [6.07, 6.45) is 4.72. The molecule has 2 amide bonds. The minimum Gasteiger partial charge on any atom is -0.482 e. The molecule has 3 atom stereocenters. The van der Waals surface area contributed by atoms with Gasteiger partial charge in [-0.2, -0.15) is 0 Å². The fraction of sp³-hybridized carbons (Fsp3) is 0.405. The van der Waals surface area contributed by atoms with Gasteiger partial charge in [-0.25, -0.2) is 9.97 Å². The monoisotopic (exact) mass is 631 g/mol. The standard InChI is InChI=1S/C37H41N7O3/c1-22(39-36(45)25-8-5-4-6-9-25)29-14-13-26-16-31(43(35(26)40-29)19-24-11-12-24)34-23(2)44-32(41-34)17-28(18-33(44)47-3)37(46)42-20-27-10-7-15-38-30(27)21-42/h4-6,8-9,13-14,16-18,22,24,27,30,38H,7,10-12,15,19-21H2,1-3H3,(H,39,45)/t22-,27-,30+/m1/s1. The number of aryl methyl sites for hydroxylation is 1. The zero-order valence-electron chi connectivity index (χ0n) is 27.2. The Morgan fingerprint density at radius 2 is 1.85 bits per heavy atom. The number of nitrogens with zero attached hydrogens (tertiary/aromatic N) is 5. The molecule has 1 aromatic carbocycles. The van der Waals surface area contributed by atoms with Gasteiger partial charge in [-0.1, -0.05) is 18.2 Å². The minimum absolute atomic E-state index is 0.0252. The van der Waals surface area contributed by atoms with Crippen molar-refractivity contribution in [2.45, 2.75) is 58.2 Å². The first-order valence-electron chi connectivity index (χ1n) is 16.8. The number of amides is 2. The average Bonchev–Trinajstić information content (AvgIpc) is 3.56. The third-order valence-electron chi connectivity index (χ3n) is 10.2. The number of rotatable bonds is 8. The van der Waals surface area contributed by atoms with Crippen molar-refractivity contribution in [3.8, 4) is 17.3 Å². The number of carbonyl (C=O) groups is 2. The summed E-state index contributed by atoms with van der Waals surface area (Å²) in [4.78, 5) is 38.9. The summed E-state index contributed by atoms with van der Waals surface area (Å²) >= 11 is 0. The second-order valence-corrected chi connectivity index (χ2v) is 13.5. The Labute approximate surface area is 274 Å². The number of ether oxygens (including phenoxy) is 1. The van der Waals surface area contributed by atoms with Crippen molar-refractivity contribution in [2.24, 2.45) is 11.8 Å². The van der Waals surface area contributed by atoms with Crippen molar-refractivity contribution in [3.63, 3.8) is 0 Å². The van der Waals surface area contributed by atoms with Crippen LogP contribution in [0.3, 0.4) is 0 Å². The number of carbonyl (C=O) groups excluding carboxylic acids is 2. The van der Waals surface area contributed by atoms with E-state index in [2.05, 4.69) is 34.3 Å². The van der Waals surface area contributed by atoms with Crippen LogP contribution < -0.4 is 15.4 Å². The maximum Gasteiger partial charge on any atom is 0.254 e. The van der Waals surface area contributed by atoms with Gasteiger partial charge in [-0.3, -0.25) is 14.0 Å². The number of benzene rings is 1. The lowest BCUT2D eigenvalue weighted by atomic mass is 9.94. The summed E-state index contributed by atoms with van der Waals surface area (Å²) < 4.78 is 10.1. The van der Waals surface area contributed by atoms with Gasteiger partial charge < -0.3 is 24.8 Å². The lowest BCUT2D eigenvalue weighted by molar-refractivity contribution is 0.0784. The number of hydrogen-bond acceptors (Lipinski definition) is 6. The van der Waals surface area contributed by atoms with Crippen LogP contribution in [-0.2, 0) is 6.54 Å². The van der Waals surface area contributed by atoms with Gasteiger partial charge >= 0.3 is 0 Å². The van der Waals surface area contributed by atoms with Crippen LogP contribution in [0.25, 0.3) is 28.1 Å². The highest BCUT2D eigenvalue weighted by atomic mass is 16.5. The largest absolute Gasteiger partial charge is 0.482 e. The average molecular weight is 632 g/mol. The molecule has 1 aliphatic carbocycles. The van der Waals surface area contributed by atoms with Gasteiger partial charge in [0.2, 0.25) is 0 Å². The van der Waals surface area contributed by atoms with Crippen molar-refractivity contribution >= 4 is 28.5 Å². The van der Waals surface area contributed by atoms with Gasteiger partial charge in [0.1, 0.15) is 17.0 Å². The van der Waals surface area contributed by atoms with Crippen LogP contribution in [0, 0.1) is 18.8 Å². The van der Waals surface area contributed by atoms with E-state index in [1.807, 2.05) is 64.8 Å². The van der Waals surface area contributed by atoms with Crippen LogP contribution >= 0.6 is 0 Å². The van der Waals surface area contributed by atoms with Crippen molar-refractivity contribution in [1.82, 2.24) is 34.5 Å². The van der Waals surface area contributed by atoms with E-state index in [4.69, 9.17) is 14.7 Å². The summed E-state index contributed by atoms with van der Waals surface area (Å²) in [5, 5.41) is 7.72. The Balaban J connectivity index is 1.15. The second kappa shape index (κ2) is 11.8. The highest BCUT2D eigenvalue weighted by Crippen LogP contribution is 2.37. The molecule has 0 bridgehead atoms. The number of methoxy groups -OCH3 is 1. The first-order chi connectivity index (χ1) is 22.9. The van der Waals surface area contributed by atoms with E-state index in [1.54, 1.807) is 7.11 Å². The molecule has 4 aromatic heterocycles. The van der Waals surface area contributed by atoms with Crippen LogP contribution in [0.5, 0.6) is 5.88 Å². The molecular formula is C37H41N7O3. The Morgan fingerprint density at radius 3 is 2.62 bits per heavy atom. The molecule has 0 spiro atoms. The predicted molar refractivity (Wildman–Crippen MR) is 181 cm³/mol. The van der Waals surface area contributed by atoms with Crippen molar-refractivity contribution < 1.29 is 14.3 Å². The Hall–Kier alpha value is -4.70. The van der Waals surface area contributed by atoms with Gasteiger partial charge in [0, 0.05) is 48.3 Å². The summed E-state index contributed by atoms with van der Waals surface area (Å²) in [5.41, 5.74) is 6.36. The lowest BCUT2D eigenvalue weighted by Crippen LogP contribution is -2.41. The molecule has 6 heterocycles. The van der Waals surface area contributed by atoms with Crippen molar-refractivity contribution in [3.05, 3.63) is 83.2 Å². The lowest BCUT2D eigenvalue weighted by Gasteiger charge is -2.24. The number of nitrogens with one attached hydrogen (secondary N) is 2. The highest BCUT2D eigenvalue weighted by Gasteiger charge is 2.37. The van der Waals surface area contributed by atoms with E-state index in [-0.39, 0.29) is 17.9 Å². The van der Waals surface area contributed by atoms with Crippen LogP contribution in [-0.4, -0.2) is 68.4 Å². The number of fused-ring (bicyclic) bond motifs is 3. The summed E-state index contributed by atoms with van der Waals surface area (Å²) in [6.45, 7) is 7.41. The van der Waals surface area contributed by atoms with Crippen LogP contribution in [0.2, 0.25) is 0 Å². The second-order valence-electron chi connectivity index (χ2n) is 13.5. The third kappa shape index (κ3) is 5.44. The zero-order chi connectivity index (χ0) is 32.2. The van der Waals surface area contributed by atoms with Crippen LogP contribution in [0.1, 0.15) is 70.8 Å². The number of hydrogen-bond donors (Lipinski definition) is 2. The minimum atomic E-state index is -0.271. The maximum atomic E-state index is 13.8. The van der Waals surface area contributed by atoms with Gasteiger partial charge in [-0.15, -0.1) is 0 Å². The van der Waals surface area contributed by atoms with E-state index >= 15 is 0 Å². The molecule has 0 radical (unpaired) electrons. The third-order valence-corrected chi connectivity index (χ3v) is 10.2. The normalized spacial score (nSPS) is 20.0. The fourth-order valence-electron chi connectivity index (χ4n) is 7.45. The molecule has 0 unspecified atom stereocenters. The van der Waals surface area contributed by atoms with Gasteiger partial charge in [0.15, 0.2) is 5.88 Å². The molecule has 2 saturated heterocycles. The fourth-order valence-corrected chi connectivity index (χ4v) is 7.45. The first kappa shape index (κ1) is 29.7. The number of likely N-dealkylation sites (tertiary alicyclic amines) is 1. The predicted octanol–water partition coefficient (Wildman–Crippen LogP) is 5.39. The number of pyridine rings is 2. The Kier molecular flexibility index (Phi) is 7.47. The maximum absolute atomic E-state index is 13.8. The van der Waals surface area contributed by atoms with E-state index < -0.39 is 0 Å². The molecule has 5 aromatic rings. The molecule has 10 heteroatoms. The number of aromatic nitrogens is 4. The first-order valence-corrected chi connectivity index (χ1v) is 16.8. The van der Waals surface area contributed by atoms with Crippen molar-refractivity contribution in [1.29, 1.82) is 0 Å². The molecule has 10 nitrogen and oxygen atoms in total. The zero-order valence-corrected chi connectivity index (χ0v) is 27.2. The summed E-state index contributed by atoms with van der Waals surface area (Å²) in [5.74, 6) is 1.60. The molecule has 47 heavy (non-hydrogen) atoms. The summed E-state index contributed by atoms with van der Waals surface area (Å²) in [7, 11) is 1.64. The van der Waals surface area contributed by atoms with E-state index in [1.165, 1.54) is 19.3 Å². The number of imidazole rings is 1. The molecule has 8 rings (SSSR count). The van der Waals surface area contributed by atoms with Gasteiger partial charge in [0.25, 0.3) is 11.8 Å². The number of piperidine rings is 1. The van der Waals surface area contributed by atoms with E-state index in [0.717, 1.165) is 66.4 Å². The Morgan fingerprint density at radius 1 is 1.02 bits per heavy atom. The Bertz CT molecular complexity index is 1980. The van der Waals surface area contributed by atoms with Gasteiger partial charge in [0.05, 0.1) is 30.2 Å². The molecule has 2 aliphatic heterocycles. The van der Waals surface area contributed by atoms with Crippen LogP contribution in [0.4, 0.5) is 0 Å². The highest BCUT2D eigenvalue weighted by molar-refractivity contribution is 5.96. The molecule has 3 fully saturated rings. The quantitative estimate of drug-likeness (QED) is 0.238. The molecular weight excluding hydrogens is 590 g/mol. The van der Waals surface area contributed by atoms with Crippen molar-refractivity contribution in [2.75, 3.05) is 26.7 Å². The molecule has 2 N–H and O–H groups in total. The summed E-state index contributed by atoms with van der Waals surface area (Å²) in [6, 6.07) is 19.3. The van der Waals surface area contributed by atoms with Crippen LogP contribution in [0.15, 0.2) is 60.7 Å². The molecule has 3 aliphatic rings. The van der Waals surface area contributed by atoms with Gasteiger partial charge in [-0.05, 0) is 94.3 Å². The van der Waals surface area contributed by atoms with E-state index in [9.17, 15) is 9.59 Å².